The molecule has 5 N–H and O–H groups in total. The monoisotopic (exact) mass is 767 g/mol. The Morgan fingerprint density at radius 3 is 1.94 bits per heavy atom. The molecule has 0 fully saturated rings. The molecule has 302 valence electrons. The van der Waals surface area contributed by atoms with E-state index in [1.54, 1.807) is 12.2 Å². The van der Waals surface area contributed by atoms with Gasteiger partial charge in [0.05, 0.1) is 19.3 Å². The first kappa shape index (κ1) is 49.9. The van der Waals surface area contributed by atoms with E-state index in [2.05, 4.69) is 67.0 Å². The Bertz CT molecular complexity index is 1200. The summed E-state index contributed by atoms with van der Waals surface area (Å²) in [4.78, 5) is 45.7. The van der Waals surface area contributed by atoms with Crippen molar-refractivity contribution in [3.8, 4) is 0 Å². The number of allylic oxidation sites excluding steroid dienone is 11. The maximum Gasteiger partial charge on any atom is 0.472 e. The van der Waals surface area contributed by atoms with Crippen molar-refractivity contribution in [3.05, 3.63) is 72.9 Å². The molecule has 0 aliphatic carbocycles. The number of carboxylic acids is 1. The van der Waals surface area contributed by atoms with Crippen molar-refractivity contribution in [2.45, 2.75) is 141 Å². The summed E-state index contributed by atoms with van der Waals surface area (Å²) in [5, 5.41) is 19.1. The molecule has 12 nitrogen and oxygen atoms in total. The van der Waals surface area contributed by atoms with Crippen LogP contribution in [-0.4, -0.2) is 71.1 Å². The topological polar surface area (TPSA) is 192 Å². The average molecular weight is 768 g/mol. The van der Waals surface area contributed by atoms with Crippen LogP contribution in [0.15, 0.2) is 72.9 Å². The lowest BCUT2D eigenvalue weighted by Gasteiger charge is -2.20. The van der Waals surface area contributed by atoms with Crippen molar-refractivity contribution in [2.75, 3.05) is 19.8 Å². The van der Waals surface area contributed by atoms with Gasteiger partial charge in [0.25, 0.3) is 0 Å². The maximum atomic E-state index is 12.6. The minimum absolute atomic E-state index is 0.0748. The molecule has 0 amide bonds. The number of aliphatic hydroxyl groups excluding tert-OH is 1. The molecule has 0 aliphatic rings. The number of aliphatic hydroxyl groups is 1. The highest BCUT2D eigenvalue weighted by molar-refractivity contribution is 7.47. The third kappa shape index (κ3) is 34.4. The second kappa shape index (κ2) is 34.6. The van der Waals surface area contributed by atoms with Crippen LogP contribution in [0.3, 0.4) is 0 Å². The number of carboxylic acid groups (broad SMARTS) is 1. The third-order valence-electron chi connectivity index (χ3n) is 7.54. The Labute approximate surface area is 317 Å². The fourth-order valence-electron chi connectivity index (χ4n) is 4.48. The van der Waals surface area contributed by atoms with Gasteiger partial charge in [-0.05, 0) is 64.2 Å². The predicted molar refractivity (Wildman–Crippen MR) is 209 cm³/mol. The lowest BCUT2D eigenvalue weighted by molar-refractivity contribution is -0.161. The number of esters is 2. The Kier molecular flexibility index (Phi) is 32.6. The number of carbonyl (C=O) groups is 3. The van der Waals surface area contributed by atoms with E-state index in [0.717, 1.165) is 64.2 Å². The van der Waals surface area contributed by atoms with Crippen LogP contribution in [0.2, 0.25) is 0 Å². The van der Waals surface area contributed by atoms with E-state index in [9.17, 15) is 28.9 Å². The summed E-state index contributed by atoms with van der Waals surface area (Å²) >= 11 is 0. The summed E-state index contributed by atoms with van der Waals surface area (Å²) in [5.41, 5.74) is 5.30. The molecule has 0 aromatic rings. The zero-order valence-electron chi connectivity index (χ0n) is 31.9. The van der Waals surface area contributed by atoms with Gasteiger partial charge in [0.1, 0.15) is 12.6 Å². The van der Waals surface area contributed by atoms with E-state index in [4.69, 9.17) is 24.8 Å². The van der Waals surface area contributed by atoms with E-state index in [0.29, 0.717) is 6.42 Å². The number of hydrogen-bond donors (Lipinski definition) is 4. The van der Waals surface area contributed by atoms with Crippen LogP contribution in [0, 0.1) is 0 Å². The van der Waals surface area contributed by atoms with Crippen molar-refractivity contribution < 1.29 is 52.6 Å². The standard InChI is InChI=1S/C40H66NO11P/c1-3-5-7-9-11-13-15-16-18-19-21-23-25-28-35(42)29-27-31-39(44)52-36(33-50-53(47,48)51-34-37(41)40(45)46)32-49-38(43)30-26-24-22-20-17-14-12-10-8-6-4-2/h5,7,10-13,16,18,21,23,25,28,35-37,42H,3-4,6,8-9,14-15,17,19-20,22,24,26-27,29-34,41H2,1-2H3,(H,45,46)(H,47,48)/b7-5-,12-10-,13-11-,18-16-,23-21-,28-25+/t35?,36-,37+/m1/s1. The van der Waals surface area contributed by atoms with E-state index < -0.39 is 63.8 Å². The van der Waals surface area contributed by atoms with Crippen molar-refractivity contribution in [1.29, 1.82) is 0 Å². The average Bonchev–Trinajstić information content (AvgIpc) is 3.12. The first-order valence-corrected chi connectivity index (χ1v) is 20.6. The van der Waals surface area contributed by atoms with Crippen molar-refractivity contribution >= 4 is 25.7 Å². The number of phosphoric acid groups is 1. The molecule has 0 aromatic carbocycles. The molecule has 0 saturated carbocycles. The van der Waals surface area contributed by atoms with Gasteiger partial charge >= 0.3 is 25.7 Å². The number of rotatable bonds is 34. The molecular formula is C40H66NO11P. The Hall–Kier alpha value is -3.12. The number of unbranched alkanes of at least 4 members (excludes halogenated alkanes) is 7. The number of phosphoric ester groups is 1. The molecule has 0 heterocycles. The van der Waals surface area contributed by atoms with Gasteiger partial charge in [-0.1, -0.05) is 119 Å². The van der Waals surface area contributed by atoms with Crippen molar-refractivity contribution in [3.63, 3.8) is 0 Å². The van der Waals surface area contributed by atoms with Gasteiger partial charge in [-0.3, -0.25) is 23.4 Å². The van der Waals surface area contributed by atoms with Crippen LogP contribution in [0.25, 0.3) is 0 Å². The molecule has 0 radical (unpaired) electrons. The number of hydrogen-bond acceptors (Lipinski definition) is 10. The molecule has 0 aliphatic heterocycles. The van der Waals surface area contributed by atoms with Gasteiger partial charge in [0.15, 0.2) is 6.10 Å². The SMILES string of the molecule is CC/C=C\C/C=C\C/C=C\C/C=C\C=C\C(O)CCCC(=O)O[C@H](COC(=O)CCCCCCC/C=C\CCCC)COP(=O)(O)OC[C@H](N)C(=O)O. The first-order chi connectivity index (χ1) is 25.5. The highest BCUT2D eigenvalue weighted by Crippen LogP contribution is 2.43. The smallest absolute Gasteiger partial charge is 0.472 e. The normalized spacial score (nSPS) is 15.3. The molecule has 0 saturated heterocycles. The summed E-state index contributed by atoms with van der Waals surface area (Å²) in [5.74, 6) is -2.63. The molecule has 2 unspecified atom stereocenters. The van der Waals surface area contributed by atoms with E-state index in [-0.39, 0.29) is 25.7 Å². The Balaban J connectivity index is 4.69. The lowest BCUT2D eigenvalue weighted by Crippen LogP contribution is -2.34. The molecular weight excluding hydrogens is 701 g/mol. The van der Waals surface area contributed by atoms with Crippen molar-refractivity contribution in [1.82, 2.24) is 0 Å². The highest BCUT2D eigenvalue weighted by atomic mass is 31.2. The molecule has 0 aromatic heterocycles. The van der Waals surface area contributed by atoms with Crippen LogP contribution in [0.5, 0.6) is 0 Å². The molecule has 0 bridgehead atoms. The number of ether oxygens (including phenoxy) is 2. The van der Waals surface area contributed by atoms with Gasteiger partial charge in [-0.15, -0.1) is 0 Å². The fraction of sp³-hybridized carbons (Fsp3) is 0.625. The van der Waals surface area contributed by atoms with Gasteiger partial charge in [0.2, 0.25) is 0 Å². The second-order valence-corrected chi connectivity index (χ2v) is 14.0. The molecule has 0 spiro atoms. The molecule has 4 atom stereocenters. The van der Waals surface area contributed by atoms with Gasteiger partial charge in [0, 0.05) is 12.8 Å². The zero-order valence-corrected chi connectivity index (χ0v) is 32.8. The van der Waals surface area contributed by atoms with Crippen LogP contribution in [0.4, 0.5) is 0 Å². The lowest BCUT2D eigenvalue weighted by atomic mass is 10.1. The summed E-state index contributed by atoms with van der Waals surface area (Å²) in [6, 6.07) is -1.56. The van der Waals surface area contributed by atoms with E-state index in [1.165, 1.54) is 12.8 Å². The zero-order chi connectivity index (χ0) is 39.4. The van der Waals surface area contributed by atoms with Crippen LogP contribution < -0.4 is 5.73 Å². The highest BCUT2D eigenvalue weighted by Gasteiger charge is 2.28. The van der Waals surface area contributed by atoms with Gasteiger partial charge in [-0.2, -0.15) is 0 Å². The van der Waals surface area contributed by atoms with Gasteiger partial charge < -0.3 is 30.3 Å². The summed E-state index contributed by atoms with van der Waals surface area (Å²) in [7, 11) is -4.77. The Morgan fingerprint density at radius 2 is 1.28 bits per heavy atom. The third-order valence-corrected chi connectivity index (χ3v) is 8.49. The van der Waals surface area contributed by atoms with Crippen LogP contribution in [-0.2, 0) is 37.5 Å². The molecule has 13 heteroatoms. The number of carbonyl (C=O) groups excluding carboxylic acids is 2. The largest absolute Gasteiger partial charge is 0.480 e. The maximum absolute atomic E-state index is 12.6. The molecule has 0 rings (SSSR count). The minimum Gasteiger partial charge on any atom is -0.480 e. The van der Waals surface area contributed by atoms with Crippen LogP contribution >= 0.6 is 7.82 Å². The summed E-state index contributed by atoms with van der Waals surface area (Å²) in [6.07, 6.45) is 35.9. The van der Waals surface area contributed by atoms with E-state index in [1.807, 2.05) is 12.2 Å². The van der Waals surface area contributed by atoms with E-state index >= 15 is 0 Å². The second-order valence-electron chi connectivity index (χ2n) is 12.5. The summed E-state index contributed by atoms with van der Waals surface area (Å²) in [6.45, 7) is 2.40. The summed E-state index contributed by atoms with van der Waals surface area (Å²) < 4.78 is 32.4. The van der Waals surface area contributed by atoms with Crippen LogP contribution in [0.1, 0.15) is 123 Å². The predicted octanol–water partition coefficient (Wildman–Crippen LogP) is 8.36. The number of aliphatic carboxylic acids is 1. The fourth-order valence-corrected chi connectivity index (χ4v) is 5.26. The number of nitrogens with two attached hydrogens (primary N) is 1. The van der Waals surface area contributed by atoms with Gasteiger partial charge in [-0.25, -0.2) is 4.57 Å². The van der Waals surface area contributed by atoms with Crippen molar-refractivity contribution in [2.24, 2.45) is 5.73 Å². The first-order valence-electron chi connectivity index (χ1n) is 19.1. The Morgan fingerprint density at radius 1 is 0.698 bits per heavy atom. The molecule has 53 heavy (non-hydrogen) atoms. The quantitative estimate of drug-likeness (QED) is 0.0161. The minimum atomic E-state index is -4.77.